The summed E-state index contributed by atoms with van der Waals surface area (Å²) < 4.78 is 36.9. The lowest BCUT2D eigenvalue weighted by Gasteiger charge is -2.12. The van der Waals surface area contributed by atoms with Crippen LogP contribution in [-0.2, 0) is 16.4 Å². The minimum absolute atomic E-state index is 0.00645. The molecule has 2 aromatic rings. The van der Waals surface area contributed by atoms with E-state index in [-0.39, 0.29) is 29.2 Å². The molecule has 1 aromatic carbocycles. The number of carbonyl (C=O) groups is 1. The lowest BCUT2D eigenvalue weighted by atomic mass is 10.3. The smallest absolute Gasteiger partial charge is 0.335 e. The Morgan fingerprint density at radius 2 is 2.00 bits per heavy atom. The average molecular weight is 391 g/mol. The van der Waals surface area contributed by atoms with E-state index in [0.29, 0.717) is 12.2 Å². The molecule has 0 bridgehead atoms. The molecule has 0 spiro atoms. The number of aryl methyl sites for hydroxylation is 1. The molecule has 142 valence electrons. The van der Waals surface area contributed by atoms with Gasteiger partial charge in [-0.2, -0.15) is 15.0 Å². The third-order valence-electron chi connectivity index (χ3n) is 3.06. The van der Waals surface area contributed by atoms with Crippen molar-refractivity contribution in [1.82, 2.24) is 19.7 Å². The fourth-order valence-corrected chi connectivity index (χ4v) is 2.97. The zero-order chi connectivity index (χ0) is 19.9. The summed E-state index contributed by atoms with van der Waals surface area (Å²) in [4.78, 5) is 23.7. The molecule has 11 heteroatoms. The molecule has 0 aliphatic carbocycles. The lowest BCUT2D eigenvalue weighted by molar-refractivity contribution is 0.256. The Kier molecular flexibility index (Phi) is 6.51. The van der Waals surface area contributed by atoms with Gasteiger partial charge in [0, 0.05) is 6.42 Å². The summed E-state index contributed by atoms with van der Waals surface area (Å²) in [6.45, 7) is 1.68. The van der Waals surface area contributed by atoms with Gasteiger partial charge < -0.3 is 9.47 Å². The molecule has 0 unspecified atom stereocenters. The number of hydrogen-bond donors (Lipinski definition) is 2. The standard InChI is InChI=1S/C16H17N5O5S/c1-4-10-26-11-8-6-7-9-12(11)27(23,24)21-15(22)19-14-17-13(5-2)18-16(20-14)25-3/h1,6-9H,5,10H2,2-3H3,(H2,17,18,19,20,21,22). The number of urea groups is 1. The van der Waals surface area contributed by atoms with Gasteiger partial charge >= 0.3 is 12.0 Å². The van der Waals surface area contributed by atoms with Crippen LogP contribution < -0.4 is 19.5 Å². The molecular weight excluding hydrogens is 374 g/mol. The van der Waals surface area contributed by atoms with E-state index in [4.69, 9.17) is 15.9 Å². The van der Waals surface area contributed by atoms with Crippen molar-refractivity contribution < 1.29 is 22.7 Å². The number of nitrogens with zero attached hydrogens (tertiary/aromatic N) is 3. The zero-order valence-corrected chi connectivity index (χ0v) is 15.4. The monoisotopic (exact) mass is 391 g/mol. The quantitative estimate of drug-likeness (QED) is 0.667. The van der Waals surface area contributed by atoms with Crippen LogP contribution in [0.15, 0.2) is 29.2 Å². The number of para-hydroxylation sites is 1. The average Bonchev–Trinajstić information content (AvgIpc) is 2.65. The Balaban J connectivity index is 2.19. The van der Waals surface area contributed by atoms with E-state index >= 15 is 0 Å². The number of hydrogen-bond acceptors (Lipinski definition) is 8. The third kappa shape index (κ3) is 5.29. The lowest BCUT2D eigenvalue weighted by Crippen LogP contribution is -2.35. The van der Waals surface area contributed by atoms with E-state index in [9.17, 15) is 13.2 Å². The molecule has 0 atom stereocenters. The molecule has 2 rings (SSSR count). The minimum Gasteiger partial charge on any atom is -0.480 e. The molecule has 2 N–H and O–H groups in total. The van der Waals surface area contributed by atoms with E-state index in [1.54, 1.807) is 13.0 Å². The first-order valence-electron chi connectivity index (χ1n) is 7.67. The molecule has 0 aliphatic rings. The highest BCUT2D eigenvalue weighted by Gasteiger charge is 2.22. The van der Waals surface area contributed by atoms with Crippen LogP contribution >= 0.6 is 0 Å². The molecule has 0 fully saturated rings. The molecule has 1 heterocycles. The summed E-state index contributed by atoms with van der Waals surface area (Å²) in [7, 11) is -2.87. The highest BCUT2D eigenvalue weighted by Crippen LogP contribution is 2.23. The van der Waals surface area contributed by atoms with Crippen molar-refractivity contribution in [1.29, 1.82) is 0 Å². The topological polar surface area (TPSA) is 132 Å². The molecule has 0 radical (unpaired) electrons. The van der Waals surface area contributed by atoms with Gasteiger partial charge in [-0.3, -0.25) is 5.32 Å². The number of benzene rings is 1. The van der Waals surface area contributed by atoms with Crippen molar-refractivity contribution in [2.24, 2.45) is 0 Å². The van der Waals surface area contributed by atoms with Crippen LogP contribution in [0.25, 0.3) is 0 Å². The number of amides is 2. The minimum atomic E-state index is -4.23. The van der Waals surface area contributed by atoms with Crippen LogP contribution in [0.2, 0.25) is 0 Å². The summed E-state index contributed by atoms with van der Waals surface area (Å²) in [6.07, 6.45) is 5.58. The van der Waals surface area contributed by atoms with Crippen LogP contribution in [0.3, 0.4) is 0 Å². The summed E-state index contributed by atoms with van der Waals surface area (Å²) in [5, 5.41) is 2.24. The highest BCUT2D eigenvalue weighted by molar-refractivity contribution is 7.90. The van der Waals surface area contributed by atoms with Gasteiger partial charge in [0.05, 0.1) is 7.11 Å². The number of anilines is 1. The van der Waals surface area contributed by atoms with Gasteiger partial charge in [0.15, 0.2) is 0 Å². The first kappa shape index (κ1) is 19.9. The number of terminal acetylenes is 1. The molecule has 0 saturated heterocycles. The van der Waals surface area contributed by atoms with Crippen LogP contribution in [0.5, 0.6) is 11.8 Å². The summed E-state index contributed by atoms with van der Waals surface area (Å²) in [5.74, 6) is 2.48. The van der Waals surface area contributed by atoms with Crippen molar-refractivity contribution in [2.75, 3.05) is 19.0 Å². The Morgan fingerprint density at radius 1 is 1.26 bits per heavy atom. The fourth-order valence-electron chi connectivity index (χ4n) is 1.92. The van der Waals surface area contributed by atoms with E-state index in [0.717, 1.165) is 0 Å². The van der Waals surface area contributed by atoms with Crippen LogP contribution in [0.4, 0.5) is 10.7 Å². The van der Waals surface area contributed by atoms with Gasteiger partial charge in [0.25, 0.3) is 10.0 Å². The number of rotatable bonds is 7. The predicted molar refractivity (Wildman–Crippen MR) is 95.9 cm³/mol. The maximum absolute atomic E-state index is 12.5. The van der Waals surface area contributed by atoms with E-state index in [1.807, 2.05) is 4.72 Å². The number of sulfonamides is 1. The first-order valence-corrected chi connectivity index (χ1v) is 9.16. The molecule has 0 saturated carbocycles. The van der Waals surface area contributed by atoms with Crippen molar-refractivity contribution in [2.45, 2.75) is 18.2 Å². The van der Waals surface area contributed by atoms with Crippen LogP contribution in [0, 0.1) is 12.3 Å². The third-order valence-corrected chi connectivity index (χ3v) is 4.43. The van der Waals surface area contributed by atoms with Gasteiger partial charge in [0.2, 0.25) is 5.95 Å². The van der Waals surface area contributed by atoms with Gasteiger partial charge in [-0.25, -0.2) is 17.9 Å². The Hall–Kier alpha value is -3.39. The van der Waals surface area contributed by atoms with Crippen molar-refractivity contribution in [3.63, 3.8) is 0 Å². The van der Waals surface area contributed by atoms with E-state index in [2.05, 4.69) is 26.2 Å². The summed E-state index contributed by atoms with van der Waals surface area (Å²) >= 11 is 0. The van der Waals surface area contributed by atoms with Crippen molar-refractivity contribution in [3.8, 4) is 24.1 Å². The second kappa shape index (κ2) is 8.81. The highest BCUT2D eigenvalue weighted by atomic mass is 32.2. The zero-order valence-electron chi connectivity index (χ0n) is 14.6. The molecule has 0 aliphatic heterocycles. The number of carbonyl (C=O) groups excluding carboxylic acids is 1. The first-order chi connectivity index (χ1) is 12.9. The Labute approximate surface area is 156 Å². The second-order valence-electron chi connectivity index (χ2n) is 4.91. The van der Waals surface area contributed by atoms with Gasteiger partial charge in [-0.1, -0.05) is 25.0 Å². The van der Waals surface area contributed by atoms with E-state index < -0.39 is 16.1 Å². The van der Waals surface area contributed by atoms with Crippen molar-refractivity contribution in [3.05, 3.63) is 30.1 Å². The number of ether oxygens (including phenoxy) is 2. The second-order valence-corrected chi connectivity index (χ2v) is 6.57. The van der Waals surface area contributed by atoms with Gasteiger partial charge in [-0.15, -0.1) is 6.42 Å². The van der Waals surface area contributed by atoms with Crippen LogP contribution in [-0.4, -0.2) is 43.1 Å². The molecule has 10 nitrogen and oxygen atoms in total. The Morgan fingerprint density at radius 3 is 2.67 bits per heavy atom. The number of aromatic nitrogens is 3. The fraction of sp³-hybridized carbons (Fsp3) is 0.250. The molecular formula is C16H17N5O5S. The normalized spacial score (nSPS) is 10.6. The van der Waals surface area contributed by atoms with Crippen LogP contribution in [0.1, 0.15) is 12.7 Å². The predicted octanol–water partition coefficient (Wildman–Crippen LogP) is 0.965. The number of methoxy groups -OCH3 is 1. The maximum Gasteiger partial charge on any atom is 0.335 e. The van der Waals surface area contributed by atoms with Gasteiger partial charge in [0.1, 0.15) is 23.1 Å². The van der Waals surface area contributed by atoms with Crippen molar-refractivity contribution >= 4 is 22.0 Å². The summed E-state index contributed by atoms with van der Waals surface area (Å²) in [5.41, 5.74) is 0. The SMILES string of the molecule is C#CCOc1ccccc1S(=O)(=O)NC(=O)Nc1nc(CC)nc(OC)n1. The molecule has 2 amide bonds. The Bertz CT molecular complexity index is 949. The van der Waals surface area contributed by atoms with E-state index in [1.165, 1.54) is 25.3 Å². The summed E-state index contributed by atoms with van der Waals surface area (Å²) in [6, 6.07) is 4.70. The van der Waals surface area contributed by atoms with Gasteiger partial charge in [-0.05, 0) is 12.1 Å². The molecule has 1 aromatic heterocycles. The maximum atomic E-state index is 12.5. The largest absolute Gasteiger partial charge is 0.480 e. The molecule has 27 heavy (non-hydrogen) atoms. The number of nitrogens with one attached hydrogen (secondary N) is 2.